The Morgan fingerprint density at radius 1 is 1.10 bits per heavy atom. The molecule has 0 aliphatic carbocycles. The topological polar surface area (TPSA) is 37.4 Å². The average Bonchev–Trinajstić information content (AvgIpc) is 2.68. The molecule has 2 fully saturated rings. The minimum atomic E-state index is 0. The molecule has 0 spiro atoms. The highest BCUT2D eigenvalue weighted by atomic mass is 127. The molecule has 1 atom stereocenters. The van der Waals surface area contributed by atoms with Gasteiger partial charge in [-0.2, -0.15) is 0 Å². The van der Waals surface area contributed by atoms with E-state index in [1.165, 1.54) is 11.1 Å². The zero-order valence-corrected chi connectivity index (χ0v) is 20.9. The first-order valence-electron chi connectivity index (χ1n) is 10.7. The van der Waals surface area contributed by atoms with E-state index in [1.54, 1.807) is 0 Å². The fourth-order valence-corrected chi connectivity index (χ4v) is 4.10. The van der Waals surface area contributed by atoms with E-state index in [-0.39, 0.29) is 24.0 Å². The summed E-state index contributed by atoms with van der Waals surface area (Å²) in [5.74, 6) is 1.08. The second-order valence-corrected chi connectivity index (χ2v) is 8.34. The Kier molecular flexibility index (Phi) is 10.1. The summed E-state index contributed by atoms with van der Waals surface area (Å²) in [7, 11) is 4.44. The van der Waals surface area contributed by atoms with Gasteiger partial charge in [0, 0.05) is 64.9 Å². The van der Waals surface area contributed by atoms with Crippen LogP contribution in [0.4, 0.5) is 0 Å². The standard InChI is InChI=1S/C22H38N6.HI/c1-5-23-22(24-16-21-18-25(3)9-10-26(21)4)28-13-11-27(12-14-28)17-20-8-6-7-19(2)15-20;/h6-8,15,21H,5,9-14,16-18H2,1-4H3,(H,23,24);1H. The zero-order chi connectivity index (χ0) is 19.9. The molecule has 3 rings (SSSR count). The number of halogens is 1. The summed E-state index contributed by atoms with van der Waals surface area (Å²) in [6, 6.07) is 9.38. The molecule has 1 unspecified atom stereocenters. The van der Waals surface area contributed by atoms with Crippen molar-refractivity contribution in [2.45, 2.75) is 26.4 Å². The third kappa shape index (κ3) is 7.38. The Morgan fingerprint density at radius 3 is 2.55 bits per heavy atom. The van der Waals surface area contributed by atoms with Crippen molar-refractivity contribution in [1.29, 1.82) is 0 Å². The lowest BCUT2D eigenvalue weighted by Crippen LogP contribution is -2.54. The van der Waals surface area contributed by atoms with E-state index in [9.17, 15) is 0 Å². The van der Waals surface area contributed by atoms with Crippen LogP contribution >= 0.6 is 24.0 Å². The maximum Gasteiger partial charge on any atom is 0.194 e. The number of aliphatic imine (C=N–C) groups is 1. The summed E-state index contributed by atoms with van der Waals surface area (Å²) in [6.07, 6.45) is 0. The molecule has 2 saturated heterocycles. The van der Waals surface area contributed by atoms with Gasteiger partial charge in [0.25, 0.3) is 0 Å². The van der Waals surface area contributed by atoms with E-state index in [0.29, 0.717) is 6.04 Å². The van der Waals surface area contributed by atoms with Crippen LogP contribution in [-0.2, 0) is 6.54 Å². The van der Waals surface area contributed by atoms with E-state index in [4.69, 9.17) is 4.99 Å². The molecule has 0 aromatic heterocycles. The van der Waals surface area contributed by atoms with Crippen LogP contribution in [-0.4, -0.2) is 105 Å². The van der Waals surface area contributed by atoms with Crippen LogP contribution in [0.2, 0.25) is 0 Å². The molecule has 2 heterocycles. The van der Waals surface area contributed by atoms with Crippen molar-refractivity contribution in [2.24, 2.45) is 4.99 Å². The quantitative estimate of drug-likeness (QED) is 0.370. The largest absolute Gasteiger partial charge is 0.357 e. The normalized spacial score (nSPS) is 22.4. The van der Waals surface area contributed by atoms with Crippen molar-refractivity contribution in [2.75, 3.05) is 73.0 Å². The molecule has 0 saturated carbocycles. The van der Waals surface area contributed by atoms with Gasteiger partial charge in [-0.25, -0.2) is 0 Å². The van der Waals surface area contributed by atoms with Crippen LogP contribution in [0.15, 0.2) is 29.3 Å². The number of nitrogens with one attached hydrogen (secondary N) is 1. The Morgan fingerprint density at radius 2 is 1.86 bits per heavy atom. The van der Waals surface area contributed by atoms with Crippen molar-refractivity contribution in [1.82, 2.24) is 24.9 Å². The molecule has 7 heteroatoms. The van der Waals surface area contributed by atoms with Crippen LogP contribution in [0.1, 0.15) is 18.1 Å². The lowest BCUT2D eigenvalue weighted by molar-refractivity contribution is 0.119. The van der Waals surface area contributed by atoms with Crippen LogP contribution in [0, 0.1) is 6.92 Å². The number of hydrogen-bond donors (Lipinski definition) is 1. The van der Waals surface area contributed by atoms with Gasteiger partial charge in [0.1, 0.15) is 0 Å². The van der Waals surface area contributed by atoms with E-state index in [2.05, 4.69) is 77.1 Å². The molecule has 29 heavy (non-hydrogen) atoms. The Hall–Kier alpha value is -0.900. The van der Waals surface area contributed by atoms with Crippen LogP contribution < -0.4 is 5.32 Å². The summed E-state index contributed by atoms with van der Waals surface area (Å²) in [4.78, 5) is 14.9. The first-order chi connectivity index (χ1) is 13.5. The van der Waals surface area contributed by atoms with Crippen LogP contribution in [0.3, 0.4) is 0 Å². The second-order valence-electron chi connectivity index (χ2n) is 8.34. The smallest absolute Gasteiger partial charge is 0.194 e. The highest BCUT2D eigenvalue weighted by Gasteiger charge is 2.23. The fourth-order valence-electron chi connectivity index (χ4n) is 4.10. The molecular weight excluding hydrogens is 475 g/mol. The molecule has 0 amide bonds. The van der Waals surface area contributed by atoms with E-state index in [1.807, 2.05) is 0 Å². The summed E-state index contributed by atoms with van der Waals surface area (Å²) in [5, 5.41) is 3.52. The minimum Gasteiger partial charge on any atom is -0.357 e. The summed E-state index contributed by atoms with van der Waals surface area (Å²) in [6.45, 7) is 14.8. The van der Waals surface area contributed by atoms with E-state index >= 15 is 0 Å². The van der Waals surface area contributed by atoms with Gasteiger partial charge in [0.05, 0.1) is 6.54 Å². The summed E-state index contributed by atoms with van der Waals surface area (Å²) >= 11 is 0. The van der Waals surface area contributed by atoms with Gasteiger partial charge < -0.3 is 15.1 Å². The van der Waals surface area contributed by atoms with Crippen LogP contribution in [0.25, 0.3) is 0 Å². The van der Waals surface area contributed by atoms with Gasteiger partial charge in [-0.3, -0.25) is 14.8 Å². The first kappa shape index (κ1) is 24.4. The minimum absolute atomic E-state index is 0. The number of hydrogen-bond acceptors (Lipinski definition) is 4. The third-order valence-corrected chi connectivity index (χ3v) is 5.93. The monoisotopic (exact) mass is 514 g/mol. The van der Waals surface area contributed by atoms with Crippen molar-refractivity contribution < 1.29 is 0 Å². The maximum absolute atomic E-state index is 5.01. The molecule has 164 valence electrons. The molecule has 6 nitrogen and oxygen atoms in total. The van der Waals surface area contributed by atoms with E-state index in [0.717, 1.165) is 71.4 Å². The molecule has 1 N–H and O–H groups in total. The van der Waals surface area contributed by atoms with E-state index < -0.39 is 0 Å². The van der Waals surface area contributed by atoms with Crippen molar-refractivity contribution in [3.8, 4) is 0 Å². The number of guanidine groups is 1. The number of aryl methyl sites for hydroxylation is 1. The molecule has 0 bridgehead atoms. The van der Waals surface area contributed by atoms with Gasteiger partial charge >= 0.3 is 0 Å². The number of rotatable bonds is 5. The molecule has 1 aromatic rings. The van der Waals surface area contributed by atoms with Crippen molar-refractivity contribution in [3.63, 3.8) is 0 Å². The highest BCUT2D eigenvalue weighted by molar-refractivity contribution is 14.0. The SMILES string of the molecule is CCNC(=NCC1CN(C)CCN1C)N1CCN(Cc2cccc(C)c2)CC1.I. The lowest BCUT2D eigenvalue weighted by atomic mass is 10.1. The number of piperazine rings is 2. The second kappa shape index (κ2) is 12.1. The molecule has 2 aliphatic heterocycles. The van der Waals surface area contributed by atoms with Crippen molar-refractivity contribution in [3.05, 3.63) is 35.4 Å². The Balaban J connectivity index is 0.00000300. The predicted octanol–water partition coefficient (Wildman–Crippen LogP) is 1.94. The highest BCUT2D eigenvalue weighted by Crippen LogP contribution is 2.11. The Labute approximate surface area is 194 Å². The average molecular weight is 515 g/mol. The van der Waals surface area contributed by atoms with Gasteiger partial charge in [0.15, 0.2) is 5.96 Å². The van der Waals surface area contributed by atoms with Crippen LogP contribution in [0.5, 0.6) is 0 Å². The number of likely N-dealkylation sites (N-methyl/N-ethyl adjacent to an activating group) is 2. The summed E-state index contributed by atoms with van der Waals surface area (Å²) < 4.78 is 0. The number of benzene rings is 1. The molecule has 0 radical (unpaired) electrons. The zero-order valence-electron chi connectivity index (χ0n) is 18.6. The first-order valence-corrected chi connectivity index (χ1v) is 10.7. The predicted molar refractivity (Wildman–Crippen MR) is 133 cm³/mol. The third-order valence-electron chi connectivity index (χ3n) is 5.93. The summed E-state index contributed by atoms with van der Waals surface area (Å²) in [5.41, 5.74) is 2.76. The fraction of sp³-hybridized carbons (Fsp3) is 0.682. The van der Waals surface area contributed by atoms with Gasteiger partial charge in [-0.15, -0.1) is 24.0 Å². The van der Waals surface area contributed by atoms with Crippen molar-refractivity contribution >= 4 is 29.9 Å². The van der Waals surface area contributed by atoms with Gasteiger partial charge in [0.2, 0.25) is 0 Å². The van der Waals surface area contributed by atoms with Gasteiger partial charge in [-0.1, -0.05) is 29.8 Å². The Bertz CT molecular complexity index is 644. The van der Waals surface area contributed by atoms with Gasteiger partial charge in [-0.05, 0) is 33.5 Å². The lowest BCUT2D eigenvalue weighted by Gasteiger charge is -2.38. The molecule has 2 aliphatic rings. The molecular formula is C22H39IN6. The maximum atomic E-state index is 5.01. The number of nitrogens with zero attached hydrogens (tertiary/aromatic N) is 5. The molecule has 1 aromatic carbocycles.